The van der Waals surface area contributed by atoms with Gasteiger partial charge in [-0.1, -0.05) is 12.2 Å². The number of pyridine rings is 1. The average molecular weight is 639 g/mol. The van der Waals surface area contributed by atoms with Crippen LogP contribution < -0.4 is 5.73 Å². The lowest BCUT2D eigenvalue weighted by atomic mass is 9.77. The number of carbonyl (C=O) groups excluding carboxylic acids is 2. The normalized spacial score (nSPS) is 25.8. The topological polar surface area (TPSA) is 107 Å². The molecule has 2 fully saturated rings. The van der Waals surface area contributed by atoms with Gasteiger partial charge in [-0.2, -0.15) is 13.2 Å². The van der Waals surface area contributed by atoms with Crippen molar-refractivity contribution in [2.24, 2.45) is 17.1 Å². The molecular weight excluding hydrogens is 589 g/mol. The van der Waals surface area contributed by atoms with E-state index in [1.165, 1.54) is 0 Å². The maximum Gasteiger partial charge on any atom is 0.417 e. The van der Waals surface area contributed by atoms with Gasteiger partial charge in [-0.25, -0.2) is 4.79 Å². The van der Waals surface area contributed by atoms with Crippen molar-refractivity contribution in [3.63, 3.8) is 0 Å². The highest BCUT2D eigenvalue weighted by Gasteiger charge is 2.42. The van der Waals surface area contributed by atoms with Crippen LogP contribution in [-0.4, -0.2) is 84.5 Å². The zero-order valence-corrected chi connectivity index (χ0v) is 27.0. The second-order valence-corrected chi connectivity index (χ2v) is 13.7. The van der Waals surface area contributed by atoms with Crippen LogP contribution in [0.2, 0.25) is 0 Å². The van der Waals surface area contributed by atoms with Crippen LogP contribution in [0.1, 0.15) is 82.5 Å². The van der Waals surface area contributed by atoms with Gasteiger partial charge in [-0.15, -0.1) is 0 Å². The standard InChI is InChI=1S/C27H36F3N3O3.C6H13NO2/c1-25(2,3)36-24(35)32-13-7-19(8-14-32)6-12-26(10-4-5-11-26)23(34)33-15-9-22-20(18-33)16-21(17-31-22)27(28,29)30;1-8-6-4-9-3-2-5(6)7/h4,10,16-17,19H,5-9,11-15,18H2,1-3H3;5-6H,2-4,7H2,1H3/t26-;5-,6+/m00/s1. The second-order valence-electron chi connectivity index (χ2n) is 13.7. The number of fused-ring (bicyclic) bond motifs is 1. The minimum Gasteiger partial charge on any atom is -0.444 e. The summed E-state index contributed by atoms with van der Waals surface area (Å²) in [6.07, 6.45) is 6.58. The molecule has 0 unspecified atom stereocenters. The molecule has 4 aliphatic rings. The number of likely N-dealkylation sites (tertiary alicyclic amines) is 1. The van der Waals surface area contributed by atoms with Crippen molar-refractivity contribution in [2.45, 2.75) is 103 Å². The van der Waals surface area contributed by atoms with Crippen molar-refractivity contribution in [1.29, 1.82) is 0 Å². The number of allylic oxidation sites excluding steroid dienone is 1. The smallest absolute Gasteiger partial charge is 0.417 e. The summed E-state index contributed by atoms with van der Waals surface area (Å²) in [6.45, 7) is 8.92. The maximum atomic E-state index is 13.7. The monoisotopic (exact) mass is 638 g/mol. The summed E-state index contributed by atoms with van der Waals surface area (Å²) in [5, 5.41) is 0. The molecule has 252 valence electrons. The number of nitrogens with two attached hydrogens (primary N) is 1. The first kappa shape index (κ1) is 35.2. The van der Waals surface area contributed by atoms with Gasteiger partial charge in [0.1, 0.15) is 5.60 Å². The largest absolute Gasteiger partial charge is 0.444 e. The summed E-state index contributed by atoms with van der Waals surface area (Å²) in [6, 6.07) is 1.31. The molecule has 2 amide bonds. The fourth-order valence-corrected chi connectivity index (χ4v) is 6.46. The highest BCUT2D eigenvalue weighted by molar-refractivity contribution is 5.85. The number of nitrogens with zero attached hydrogens (tertiary/aromatic N) is 3. The molecule has 3 aliphatic heterocycles. The molecule has 12 heteroatoms. The first-order valence-electron chi connectivity index (χ1n) is 16.1. The number of hydrogen-bond donors (Lipinski definition) is 1. The Morgan fingerprint density at radius 1 is 1.13 bits per heavy atom. The SMILES string of the molecule is CC(C)(C)OC(=O)N1CCC(CC[C@]2(C(=O)N3CCc4ncc(C(F)(F)F)cc4C3)C=CCC2)CC1.CO[C@@H]1COCC[C@@H]1N. The minimum absolute atomic E-state index is 0.00510. The van der Waals surface area contributed by atoms with E-state index in [1.807, 2.05) is 32.9 Å². The number of piperidine rings is 1. The van der Waals surface area contributed by atoms with E-state index >= 15 is 0 Å². The Kier molecular flexibility index (Phi) is 11.6. The van der Waals surface area contributed by atoms with Crippen LogP contribution in [0.4, 0.5) is 18.0 Å². The molecule has 0 spiro atoms. The Labute approximate surface area is 264 Å². The molecule has 4 heterocycles. The van der Waals surface area contributed by atoms with Crippen molar-refractivity contribution in [2.75, 3.05) is 40.0 Å². The van der Waals surface area contributed by atoms with Gasteiger partial charge in [-0.05, 0) is 83.3 Å². The van der Waals surface area contributed by atoms with E-state index < -0.39 is 22.8 Å². The average Bonchev–Trinajstić information content (AvgIpc) is 3.49. The minimum atomic E-state index is -4.46. The molecule has 2 N–H and O–H groups in total. The third-order valence-corrected chi connectivity index (χ3v) is 9.20. The van der Waals surface area contributed by atoms with Gasteiger partial charge in [0.05, 0.1) is 23.7 Å². The number of amides is 2. The number of carbonyl (C=O) groups is 2. The Morgan fingerprint density at radius 2 is 1.87 bits per heavy atom. The van der Waals surface area contributed by atoms with E-state index in [2.05, 4.69) is 4.98 Å². The van der Waals surface area contributed by atoms with E-state index in [0.29, 0.717) is 56.3 Å². The Morgan fingerprint density at radius 3 is 2.44 bits per heavy atom. The summed E-state index contributed by atoms with van der Waals surface area (Å²) >= 11 is 0. The number of halogens is 3. The Bertz CT molecular complexity index is 1200. The summed E-state index contributed by atoms with van der Waals surface area (Å²) in [5.74, 6) is 0.425. The molecule has 9 nitrogen and oxygen atoms in total. The van der Waals surface area contributed by atoms with Crippen molar-refractivity contribution in [1.82, 2.24) is 14.8 Å². The number of methoxy groups -OCH3 is 1. The van der Waals surface area contributed by atoms with Crippen molar-refractivity contribution in [3.8, 4) is 0 Å². The first-order valence-corrected chi connectivity index (χ1v) is 16.1. The first-order chi connectivity index (χ1) is 21.2. The van der Waals surface area contributed by atoms with Gasteiger partial charge in [-0.3, -0.25) is 9.78 Å². The van der Waals surface area contributed by atoms with Crippen LogP contribution in [0.25, 0.3) is 0 Å². The van der Waals surface area contributed by atoms with Crippen molar-refractivity contribution >= 4 is 12.0 Å². The lowest BCUT2D eigenvalue weighted by molar-refractivity contribution is -0.141. The van der Waals surface area contributed by atoms with Crippen LogP contribution in [-0.2, 0) is 38.1 Å². The molecule has 0 saturated carbocycles. The van der Waals surface area contributed by atoms with Gasteiger partial charge >= 0.3 is 12.3 Å². The lowest BCUT2D eigenvalue weighted by Gasteiger charge is -2.38. The quantitative estimate of drug-likeness (QED) is 0.425. The molecule has 1 aromatic rings. The molecule has 0 bridgehead atoms. The molecule has 3 atom stereocenters. The van der Waals surface area contributed by atoms with Crippen LogP contribution >= 0.6 is 0 Å². The van der Waals surface area contributed by atoms with E-state index in [4.69, 9.17) is 19.9 Å². The molecule has 1 aromatic heterocycles. The number of hydrogen-bond acceptors (Lipinski definition) is 7. The molecular formula is C33H49F3N4O5. The maximum absolute atomic E-state index is 13.7. The number of alkyl halides is 3. The van der Waals surface area contributed by atoms with Gasteiger partial charge in [0.25, 0.3) is 0 Å². The predicted octanol–water partition coefficient (Wildman–Crippen LogP) is 5.50. The van der Waals surface area contributed by atoms with Crippen LogP contribution in [0, 0.1) is 11.3 Å². The third kappa shape index (κ3) is 9.42. The predicted molar refractivity (Wildman–Crippen MR) is 163 cm³/mol. The van der Waals surface area contributed by atoms with Crippen molar-refractivity contribution in [3.05, 3.63) is 41.2 Å². The van der Waals surface area contributed by atoms with Crippen molar-refractivity contribution < 1.29 is 37.0 Å². The summed E-state index contributed by atoms with van der Waals surface area (Å²) < 4.78 is 55.2. The molecule has 0 radical (unpaired) electrons. The Hall–Kier alpha value is -2.70. The molecule has 0 aromatic carbocycles. The zero-order chi connectivity index (χ0) is 32.8. The Balaban J connectivity index is 0.000000440. The molecule has 1 aliphatic carbocycles. The summed E-state index contributed by atoms with van der Waals surface area (Å²) in [5.41, 5.74) is 4.91. The number of ether oxygens (including phenoxy) is 3. The second kappa shape index (κ2) is 14.8. The molecule has 5 rings (SSSR count). The number of rotatable bonds is 5. The van der Waals surface area contributed by atoms with Gasteiger partial charge in [0, 0.05) is 64.2 Å². The summed E-state index contributed by atoms with van der Waals surface area (Å²) in [4.78, 5) is 33.6. The highest BCUT2D eigenvalue weighted by atomic mass is 19.4. The fraction of sp³-hybridized carbons (Fsp3) is 0.727. The number of aromatic nitrogens is 1. The molecule has 45 heavy (non-hydrogen) atoms. The van der Waals surface area contributed by atoms with E-state index in [9.17, 15) is 22.8 Å². The van der Waals surface area contributed by atoms with Gasteiger partial charge in [0.2, 0.25) is 5.91 Å². The zero-order valence-electron chi connectivity index (χ0n) is 27.0. The molecule has 2 saturated heterocycles. The highest BCUT2D eigenvalue weighted by Crippen LogP contribution is 2.42. The van der Waals surface area contributed by atoms with Crippen LogP contribution in [0.15, 0.2) is 24.4 Å². The van der Waals surface area contributed by atoms with Crippen LogP contribution in [0.3, 0.4) is 0 Å². The van der Waals surface area contributed by atoms with E-state index in [1.54, 1.807) is 16.9 Å². The van der Waals surface area contributed by atoms with E-state index in [0.717, 1.165) is 57.4 Å². The van der Waals surface area contributed by atoms with Gasteiger partial charge in [0.15, 0.2) is 0 Å². The van der Waals surface area contributed by atoms with Crippen LogP contribution in [0.5, 0.6) is 0 Å². The van der Waals surface area contributed by atoms with E-state index in [-0.39, 0.29) is 30.7 Å². The van der Waals surface area contributed by atoms with Gasteiger partial charge < -0.3 is 29.7 Å². The summed E-state index contributed by atoms with van der Waals surface area (Å²) in [7, 11) is 1.67. The fourth-order valence-electron chi connectivity index (χ4n) is 6.46. The lowest BCUT2D eigenvalue weighted by Crippen LogP contribution is -2.45. The third-order valence-electron chi connectivity index (χ3n) is 9.20.